The van der Waals surface area contributed by atoms with Crippen molar-refractivity contribution in [3.63, 3.8) is 0 Å². The SMILES string of the molecule is COc1ccc(CCNC(=O)[C@H]2CCC(=O)N2)c(Cl)c1. The fourth-order valence-corrected chi connectivity index (χ4v) is 2.38. The first-order chi connectivity index (χ1) is 9.60. The summed E-state index contributed by atoms with van der Waals surface area (Å²) in [7, 11) is 1.58. The second-order valence-electron chi connectivity index (χ2n) is 4.66. The first-order valence-corrected chi connectivity index (χ1v) is 6.87. The molecule has 1 aromatic rings. The molecule has 0 unspecified atom stereocenters. The quantitative estimate of drug-likeness (QED) is 0.860. The fourth-order valence-electron chi connectivity index (χ4n) is 2.11. The van der Waals surface area contributed by atoms with Crippen LogP contribution in [0.4, 0.5) is 0 Å². The Balaban J connectivity index is 1.81. The summed E-state index contributed by atoms with van der Waals surface area (Å²) in [6.07, 6.45) is 1.62. The van der Waals surface area contributed by atoms with E-state index >= 15 is 0 Å². The summed E-state index contributed by atoms with van der Waals surface area (Å²) < 4.78 is 5.08. The predicted molar refractivity (Wildman–Crippen MR) is 75.9 cm³/mol. The third-order valence-electron chi connectivity index (χ3n) is 3.27. The molecule has 2 amide bonds. The molecule has 1 heterocycles. The second-order valence-corrected chi connectivity index (χ2v) is 5.06. The van der Waals surface area contributed by atoms with Gasteiger partial charge < -0.3 is 15.4 Å². The van der Waals surface area contributed by atoms with E-state index in [2.05, 4.69) is 10.6 Å². The first-order valence-electron chi connectivity index (χ1n) is 6.49. The molecule has 1 aromatic carbocycles. The van der Waals surface area contributed by atoms with E-state index in [1.165, 1.54) is 0 Å². The molecule has 0 spiro atoms. The number of carbonyl (C=O) groups is 2. The maximum absolute atomic E-state index is 11.8. The van der Waals surface area contributed by atoms with Gasteiger partial charge in [0, 0.05) is 18.0 Å². The minimum Gasteiger partial charge on any atom is -0.497 e. The Labute approximate surface area is 122 Å². The lowest BCUT2D eigenvalue weighted by Gasteiger charge is -2.11. The lowest BCUT2D eigenvalue weighted by molar-refractivity contribution is -0.125. The van der Waals surface area contributed by atoms with Crippen LogP contribution in [0, 0.1) is 0 Å². The van der Waals surface area contributed by atoms with Gasteiger partial charge in [-0.1, -0.05) is 17.7 Å². The Morgan fingerprint density at radius 3 is 2.95 bits per heavy atom. The van der Waals surface area contributed by atoms with E-state index in [-0.39, 0.29) is 11.8 Å². The highest BCUT2D eigenvalue weighted by atomic mass is 35.5. The van der Waals surface area contributed by atoms with E-state index in [0.717, 1.165) is 5.56 Å². The average Bonchev–Trinajstić information content (AvgIpc) is 2.87. The lowest BCUT2D eigenvalue weighted by Crippen LogP contribution is -2.42. The number of ether oxygens (including phenoxy) is 1. The summed E-state index contributed by atoms with van der Waals surface area (Å²) in [5.74, 6) is 0.500. The summed E-state index contributed by atoms with van der Waals surface area (Å²) in [4.78, 5) is 22.8. The van der Waals surface area contributed by atoms with Gasteiger partial charge in [0.1, 0.15) is 11.8 Å². The van der Waals surface area contributed by atoms with Crippen LogP contribution >= 0.6 is 11.6 Å². The van der Waals surface area contributed by atoms with Gasteiger partial charge in [-0.3, -0.25) is 9.59 Å². The highest BCUT2D eigenvalue weighted by Crippen LogP contribution is 2.22. The molecule has 0 aromatic heterocycles. The zero-order valence-corrected chi connectivity index (χ0v) is 12.0. The number of methoxy groups -OCH3 is 1. The fraction of sp³-hybridized carbons (Fsp3) is 0.429. The van der Waals surface area contributed by atoms with Gasteiger partial charge in [0.05, 0.1) is 7.11 Å². The van der Waals surface area contributed by atoms with E-state index < -0.39 is 6.04 Å². The highest BCUT2D eigenvalue weighted by molar-refractivity contribution is 6.31. The van der Waals surface area contributed by atoms with Crippen LogP contribution in [0.25, 0.3) is 0 Å². The topological polar surface area (TPSA) is 67.4 Å². The van der Waals surface area contributed by atoms with Gasteiger partial charge in [-0.05, 0) is 30.5 Å². The molecule has 1 aliphatic rings. The average molecular weight is 297 g/mol. The van der Waals surface area contributed by atoms with Crippen LogP contribution < -0.4 is 15.4 Å². The van der Waals surface area contributed by atoms with Gasteiger partial charge in [0.2, 0.25) is 11.8 Å². The molecule has 5 nitrogen and oxygen atoms in total. The van der Waals surface area contributed by atoms with Crippen LogP contribution in [0.3, 0.4) is 0 Å². The molecule has 20 heavy (non-hydrogen) atoms. The van der Waals surface area contributed by atoms with Crippen LogP contribution in [0.1, 0.15) is 18.4 Å². The van der Waals surface area contributed by atoms with Gasteiger partial charge in [-0.15, -0.1) is 0 Å². The Hall–Kier alpha value is -1.75. The molecule has 1 saturated heterocycles. The maximum Gasteiger partial charge on any atom is 0.242 e. The maximum atomic E-state index is 11.8. The van der Waals surface area contributed by atoms with Crippen LogP contribution in [0.15, 0.2) is 18.2 Å². The van der Waals surface area contributed by atoms with Crippen molar-refractivity contribution in [2.75, 3.05) is 13.7 Å². The molecule has 108 valence electrons. The Morgan fingerprint density at radius 1 is 1.55 bits per heavy atom. The third-order valence-corrected chi connectivity index (χ3v) is 3.62. The molecule has 2 N–H and O–H groups in total. The Kier molecular flexibility index (Phi) is 4.84. The van der Waals surface area contributed by atoms with Crippen molar-refractivity contribution in [3.8, 4) is 5.75 Å². The lowest BCUT2D eigenvalue weighted by atomic mass is 10.1. The minimum absolute atomic E-state index is 0.0663. The van der Waals surface area contributed by atoms with E-state index in [9.17, 15) is 9.59 Å². The monoisotopic (exact) mass is 296 g/mol. The van der Waals surface area contributed by atoms with E-state index in [4.69, 9.17) is 16.3 Å². The van der Waals surface area contributed by atoms with Crippen molar-refractivity contribution in [3.05, 3.63) is 28.8 Å². The Morgan fingerprint density at radius 2 is 2.35 bits per heavy atom. The Bertz CT molecular complexity index is 519. The van der Waals surface area contributed by atoms with Gasteiger partial charge in [0.25, 0.3) is 0 Å². The number of hydrogen-bond donors (Lipinski definition) is 2. The minimum atomic E-state index is -0.395. The summed E-state index contributed by atoms with van der Waals surface area (Å²) in [5.41, 5.74) is 0.947. The molecule has 1 fully saturated rings. The zero-order valence-electron chi connectivity index (χ0n) is 11.2. The van der Waals surface area contributed by atoms with Crippen molar-refractivity contribution < 1.29 is 14.3 Å². The van der Waals surface area contributed by atoms with Crippen molar-refractivity contribution in [1.82, 2.24) is 10.6 Å². The van der Waals surface area contributed by atoms with Crippen molar-refractivity contribution in [2.24, 2.45) is 0 Å². The molecule has 0 radical (unpaired) electrons. The van der Waals surface area contributed by atoms with Crippen molar-refractivity contribution in [2.45, 2.75) is 25.3 Å². The molecular formula is C14H17ClN2O3. The summed E-state index contributed by atoms with van der Waals surface area (Å²) >= 11 is 6.12. The van der Waals surface area contributed by atoms with Gasteiger partial charge >= 0.3 is 0 Å². The van der Waals surface area contributed by atoms with Crippen LogP contribution in [-0.2, 0) is 16.0 Å². The van der Waals surface area contributed by atoms with Gasteiger partial charge in [-0.2, -0.15) is 0 Å². The number of rotatable bonds is 5. The van der Waals surface area contributed by atoms with Crippen LogP contribution in [0.5, 0.6) is 5.75 Å². The molecule has 1 aliphatic heterocycles. The standard InChI is InChI=1S/C14H17ClN2O3/c1-20-10-3-2-9(11(15)8-10)6-7-16-14(19)12-4-5-13(18)17-12/h2-3,8,12H,4-7H2,1H3,(H,16,19)(H,17,18)/t12-/m1/s1. The molecule has 0 bridgehead atoms. The van der Waals surface area contributed by atoms with E-state index in [1.807, 2.05) is 12.1 Å². The van der Waals surface area contributed by atoms with Gasteiger partial charge in [0.15, 0.2) is 0 Å². The number of carbonyl (C=O) groups excluding carboxylic acids is 2. The smallest absolute Gasteiger partial charge is 0.242 e. The molecule has 2 rings (SSSR count). The molecular weight excluding hydrogens is 280 g/mol. The molecule has 1 atom stereocenters. The molecule has 6 heteroatoms. The van der Waals surface area contributed by atoms with E-state index in [0.29, 0.717) is 36.6 Å². The normalized spacial score (nSPS) is 17.7. The van der Waals surface area contributed by atoms with E-state index in [1.54, 1.807) is 13.2 Å². The summed E-state index contributed by atoms with van der Waals surface area (Å²) in [6, 6.07) is 5.06. The number of halogens is 1. The first kappa shape index (κ1) is 14.7. The number of amides is 2. The van der Waals surface area contributed by atoms with Crippen LogP contribution in [-0.4, -0.2) is 31.5 Å². The number of hydrogen-bond acceptors (Lipinski definition) is 3. The largest absolute Gasteiger partial charge is 0.497 e. The predicted octanol–water partition coefficient (Wildman–Crippen LogP) is 1.29. The van der Waals surface area contributed by atoms with Gasteiger partial charge in [-0.25, -0.2) is 0 Å². The second kappa shape index (κ2) is 6.61. The third kappa shape index (κ3) is 3.63. The van der Waals surface area contributed by atoms with Crippen molar-refractivity contribution >= 4 is 23.4 Å². The zero-order chi connectivity index (χ0) is 14.5. The van der Waals surface area contributed by atoms with Crippen molar-refractivity contribution in [1.29, 1.82) is 0 Å². The molecule has 0 saturated carbocycles. The highest BCUT2D eigenvalue weighted by Gasteiger charge is 2.26. The number of nitrogens with one attached hydrogen (secondary N) is 2. The van der Waals surface area contributed by atoms with Crippen LogP contribution in [0.2, 0.25) is 5.02 Å². The summed E-state index contributed by atoms with van der Waals surface area (Å²) in [6.45, 7) is 0.483. The number of benzene rings is 1. The molecule has 0 aliphatic carbocycles. The summed E-state index contributed by atoms with van der Waals surface area (Å²) in [5, 5.41) is 6.06.